The van der Waals surface area contributed by atoms with Gasteiger partial charge in [-0.05, 0) is 30.5 Å². The summed E-state index contributed by atoms with van der Waals surface area (Å²) in [4.78, 5) is 0. The predicted octanol–water partition coefficient (Wildman–Crippen LogP) is 1.04. The Kier molecular flexibility index (Phi) is 3.86. The predicted molar refractivity (Wildman–Crippen MR) is 51.8 cm³/mol. The molecule has 1 atom stereocenters. The van der Waals surface area contributed by atoms with Crippen molar-refractivity contribution >= 4 is 0 Å². The average Bonchev–Trinajstić information content (AvgIpc) is 2.14. The molecule has 0 aromatic heterocycles. The summed E-state index contributed by atoms with van der Waals surface area (Å²) in [7, 11) is 0. The summed E-state index contributed by atoms with van der Waals surface area (Å²) in [6.45, 7) is 0.481. The van der Waals surface area contributed by atoms with Gasteiger partial charge in [0.15, 0.2) is 0 Å². The van der Waals surface area contributed by atoms with Crippen LogP contribution < -0.4 is 11.5 Å². The molecule has 4 N–H and O–H groups in total. The van der Waals surface area contributed by atoms with Crippen molar-refractivity contribution in [3.63, 3.8) is 0 Å². The van der Waals surface area contributed by atoms with Crippen LogP contribution in [0.5, 0.6) is 0 Å². The topological polar surface area (TPSA) is 52.0 Å². The summed E-state index contributed by atoms with van der Waals surface area (Å²) in [5, 5.41) is 0. The first kappa shape index (κ1) is 10.2. The van der Waals surface area contributed by atoms with Gasteiger partial charge in [0.25, 0.3) is 0 Å². The monoisotopic (exact) mass is 182 g/mol. The lowest BCUT2D eigenvalue weighted by atomic mass is 10.1. The zero-order chi connectivity index (χ0) is 9.68. The Labute approximate surface area is 77.7 Å². The van der Waals surface area contributed by atoms with Crippen LogP contribution in [0, 0.1) is 5.82 Å². The fourth-order valence-corrected chi connectivity index (χ4v) is 1.16. The van der Waals surface area contributed by atoms with Crippen molar-refractivity contribution in [2.75, 3.05) is 6.54 Å². The largest absolute Gasteiger partial charge is 0.329 e. The summed E-state index contributed by atoms with van der Waals surface area (Å²) >= 11 is 0. The van der Waals surface area contributed by atoms with E-state index in [2.05, 4.69) is 0 Å². The van der Waals surface area contributed by atoms with Crippen molar-refractivity contribution < 1.29 is 4.39 Å². The standard InChI is InChI=1S/C10H15FN2/c11-9-3-1-2-8(6-9)4-5-10(13)7-12/h1-3,6,10H,4-5,7,12-13H2. The Hall–Kier alpha value is -0.930. The first-order valence-electron chi connectivity index (χ1n) is 4.42. The highest BCUT2D eigenvalue weighted by Crippen LogP contribution is 2.06. The maximum Gasteiger partial charge on any atom is 0.123 e. The van der Waals surface area contributed by atoms with Gasteiger partial charge in [0.05, 0.1) is 0 Å². The molecule has 72 valence electrons. The molecule has 0 saturated carbocycles. The minimum atomic E-state index is -0.196. The molecule has 0 amide bonds. The SMILES string of the molecule is NCC(N)CCc1cccc(F)c1. The highest BCUT2D eigenvalue weighted by Gasteiger charge is 2.00. The van der Waals surface area contributed by atoms with Crippen LogP contribution in [0.3, 0.4) is 0 Å². The van der Waals surface area contributed by atoms with E-state index in [4.69, 9.17) is 11.5 Å². The van der Waals surface area contributed by atoms with Crippen LogP contribution in [0.2, 0.25) is 0 Å². The molecule has 1 aromatic rings. The molecule has 0 spiro atoms. The maximum absolute atomic E-state index is 12.7. The van der Waals surface area contributed by atoms with Crippen LogP contribution in [0.4, 0.5) is 4.39 Å². The second kappa shape index (κ2) is 4.94. The van der Waals surface area contributed by atoms with Gasteiger partial charge in [-0.2, -0.15) is 0 Å². The Morgan fingerprint density at radius 3 is 2.77 bits per heavy atom. The quantitative estimate of drug-likeness (QED) is 0.731. The molecule has 0 aliphatic carbocycles. The lowest BCUT2D eigenvalue weighted by Crippen LogP contribution is -2.29. The van der Waals surface area contributed by atoms with Crippen LogP contribution >= 0.6 is 0 Å². The molecule has 1 unspecified atom stereocenters. The third kappa shape index (κ3) is 3.53. The van der Waals surface area contributed by atoms with E-state index in [1.54, 1.807) is 6.07 Å². The molecular weight excluding hydrogens is 167 g/mol. The minimum absolute atomic E-state index is 0.0169. The molecule has 0 radical (unpaired) electrons. The third-order valence-electron chi connectivity index (χ3n) is 2.00. The molecule has 0 fully saturated rings. The summed E-state index contributed by atoms with van der Waals surface area (Å²) in [5.41, 5.74) is 12.0. The van der Waals surface area contributed by atoms with Crippen molar-refractivity contribution in [2.24, 2.45) is 11.5 Å². The Balaban J connectivity index is 2.45. The number of rotatable bonds is 4. The van der Waals surface area contributed by atoms with E-state index in [1.807, 2.05) is 6.07 Å². The van der Waals surface area contributed by atoms with Crippen molar-refractivity contribution in [1.29, 1.82) is 0 Å². The van der Waals surface area contributed by atoms with Gasteiger partial charge in [-0.15, -0.1) is 0 Å². The summed E-state index contributed by atoms with van der Waals surface area (Å²) < 4.78 is 12.7. The van der Waals surface area contributed by atoms with E-state index in [-0.39, 0.29) is 11.9 Å². The van der Waals surface area contributed by atoms with Crippen LogP contribution in [0.15, 0.2) is 24.3 Å². The van der Waals surface area contributed by atoms with Gasteiger partial charge in [0, 0.05) is 12.6 Å². The van der Waals surface area contributed by atoms with E-state index in [0.29, 0.717) is 6.54 Å². The molecular formula is C10H15FN2. The summed E-state index contributed by atoms with van der Waals surface area (Å²) in [5.74, 6) is -0.196. The second-order valence-corrected chi connectivity index (χ2v) is 3.16. The molecule has 0 heterocycles. The Morgan fingerprint density at radius 1 is 1.38 bits per heavy atom. The lowest BCUT2D eigenvalue weighted by Gasteiger charge is -2.07. The van der Waals surface area contributed by atoms with Crippen molar-refractivity contribution in [3.05, 3.63) is 35.6 Å². The number of benzene rings is 1. The van der Waals surface area contributed by atoms with Crippen molar-refractivity contribution in [3.8, 4) is 0 Å². The lowest BCUT2D eigenvalue weighted by molar-refractivity contribution is 0.609. The van der Waals surface area contributed by atoms with E-state index >= 15 is 0 Å². The van der Waals surface area contributed by atoms with Gasteiger partial charge >= 0.3 is 0 Å². The van der Waals surface area contributed by atoms with E-state index in [0.717, 1.165) is 18.4 Å². The van der Waals surface area contributed by atoms with Crippen molar-refractivity contribution in [1.82, 2.24) is 0 Å². The van der Waals surface area contributed by atoms with Crippen LogP contribution in [0.1, 0.15) is 12.0 Å². The van der Waals surface area contributed by atoms with Gasteiger partial charge in [0.1, 0.15) is 5.82 Å². The highest BCUT2D eigenvalue weighted by molar-refractivity contribution is 5.16. The zero-order valence-electron chi connectivity index (χ0n) is 7.54. The first-order chi connectivity index (χ1) is 6.22. The smallest absolute Gasteiger partial charge is 0.123 e. The average molecular weight is 182 g/mol. The number of halogens is 1. The molecule has 0 saturated heterocycles. The van der Waals surface area contributed by atoms with Crippen LogP contribution in [0.25, 0.3) is 0 Å². The molecule has 1 rings (SSSR count). The zero-order valence-corrected chi connectivity index (χ0v) is 7.54. The van der Waals surface area contributed by atoms with Gasteiger partial charge in [-0.3, -0.25) is 0 Å². The first-order valence-corrected chi connectivity index (χ1v) is 4.42. The Morgan fingerprint density at radius 2 is 2.15 bits per heavy atom. The maximum atomic E-state index is 12.7. The van der Waals surface area contributed by atoms with E-state index in [9.17, 15) is 4.39 Å². The van der Waals surface area contributed by atoms with Crippen LogP contribution in [-0.2, 0) is 6.42 Å². The fraction of sp³-hybridized carbons (Fsp3) is 0.400. The Bertz CT molecular complexity index is 263. The molecule has 2 nitrogen and oxygen atoms in total. The van der Waals surface area contributed by atoms with Gasteiger partial charge in [-0.25, -0.2) is 4.39 Å². The van der Waals surface area contributed by atoms with E-state index in [1.165, 1.54) is 12.1 Å². The molecule has 0 aliphatic heterocycles. The second-order valence-electron chi connectivity index (χ2n) is 3.16. The molecule has 3 heteroatoms. The minimum Gasteiger partial charge on any atom is -0.329 e. The molecule has 0 aliphatic rings. The summed E-state index contributed by atoms with van der Waals surface area (Å²) in [6, 6.07) is 6.59. The number of hydrogen-bond donors (Lipinski definition) is 2. The number of aryl methyl sites for hydroxylation is 1. The van der Waals surface area contributed by atoms with Crippen LogP contribution in [-0.4, -0.2) is 12.6 Å². The fourth-order valence-electron chi connectivity index (χ4n) is 1.16. The number of nitrogens with two attached hydrogens (primary N) is 2. The van der Waals surface area contributed by atoms with Gasteiger partial charge in [0.2, 0.25) is 0 Å². The normalized spacial score (nSPS) is 12.8. The van der Waals surface area contributed by atoms with E-state index < -0.39 is 0 Å². The van der Waals surface area contributed by atoms with Gasteiger partial charge in [-0.1, -0.05) is 12.1 Å². The molecule has 0 bridgehead atoms. The molecule has 1 aromatic carbocycles. The highest BCUT2D eigenvalue weighted by atomic mass is 19.1. The third-order valence-corrected chi connectivity index (χ3v) is 2.00. The molecule has 13 heavy (non-hydrogen) atoms. The number of hydrogen-bond acceptors (Lipinski definition) is 2. The summed E-state index contributed by atoms with van der Waals surface area (Å²) in [6.07, 6.45) is 1.59. The van der Waals surface area contributed by atoms with Gasteiger partial charge < -0.3 is 11.5 Å². The van der Waals surface area contributed by atoms with Crippen molar-refractivity contribution in [2.45, 2.75) is 18.9 Å².